The van der Waals surface area contributed by atoms with E-state index in [9.17, 15) is 10.1 Å². The molecule has 3 rings (SSSR count). The van der Waals surface area contributed by atoms with E-state index >= 15 is 0 Å². The van der Waals surface area contributed by atoms with E-state index in [0.717, 1.165) is 27.7 Å². The molecule has 110 valence electrons. The Morgan fingerprint density at radius 1 is 1.32 bits per heavy atom. The van der Waals surface area contributed by atoms with Gasteiger partial charge >= 0.3 is 0 Å². The average Bonchev–Trinajstić information content (AvgIpc) is 2.84. The minimum Gasteiger partial charge on any atom is -0.267 e. The van der Waals surface area contributed by atoms with Crippen molar-refractivity contribution < 1.29 is 4.92 Å². The number of aryl methyl sites for hydroxylation is 1. The van der Waals surface area contributed by atoms with Gasteiger partial charge in [0.05, 0.1) is 16.1 Å². The summed E-state index contributed by atoms with van der Waals surface area (Å²) in [5, 5.41) is 16.2. The third-order valence-corrected chi connectivity index (χ3v) is 3.52. The smallest absolute Gasteiger partial charge is 0.267 e. The number of non-ortho nitro benzene ring substituents is 1. The first kappa shape index (κ1) is 13.9. The number of pyridine rings is 1. The Hall–Kier alpha value is -3.02. The standard InChI is InChI=1S/C16H14N4O2/c1-10(2)14-8-11(6-7-17-14)16-13-9-12(20(21)22)4-5-15(13)19(3)18-16/h4-9H,1H2,2-3H3. The van der Waals surface area contributed by atoms with Crippen LogP contribution >= 0.6 is 0 Å². The largest absolute Gasteiger partial charge is 0.270 e. The lowest BCUT2D eigenvalue weighted by molar-refractivity contribution is -0.384. The molecule has 0 unspecified atom stereocenters. The molecule has 0 fully saturated rings. The van der Waals surface area contributed by atoms with Crippen molar-refractivity contribution in [3.8, 4) is 11.3 Å². The molecule has 2 aromatic heterocycles. The molecule has 2 heterocycles. The van der Waals surface area contributed by atoms with Gasteiger partial charge in [0.2, 0.25) is 0 Å². The molecule has 0 spiro atoms. The molecule has 1 aromatic carbocycles. The predicted molar refractivity (Wildman–Crippen MR) is 85.3 cm³/mol. The number of nitro benzene ring substituents is 1. The predicted octanol–water partition coefficient (Wildman–Crippen LogP) is 3.58. The van der Waals surface area contributed by atoms with Crippen LogP contribution in [0.15, 0.2) is 43.1 Å². The van der Waals surface area contributed by atoms with Crippen LogP contribution in [0.4, 0.5) is 5.69 Å². The molecule has 0 saturated carbocycles. The highest BCUT2D eigenvalue weighted by Gasteiger charge is 2.15. The molecule has 0 amide bonds. The normalized spacial score (nSPS) is 10.8. The summed E-state index contributed by atoms with van der Waals surface area (Å²) < 4.78 is 1.72. The maximum absolute atomic E-state index is 11.0. The molecule has 3 aromatic rings. The van der Waals surface area contributed by atoms with Crippen LogP contribution in [0.5, 0.6) is 0 Å². The van der Waals surface area contributed by atoms with Crippen LogP contribution in [0.1, 0.15) is 12.6 Å². The van der Waals surface area contributed by atoms with E-state index in [4.69, 9.17) is 0 Å². The van der Waals surface area contributed by atoms with Crippen molar-refractivity contribution in [1.29, 1.82) is 0 Å². The fourth-order valence-corrected chi connectivity index (χ4v) is 2.39. The van der Waals surface area contributed by atoms with Gasteiger partial charge in [-0.3, -0.25) is 19.8 Å². The monoisotopic (exact) mass is 294 g/mol. The Labute approximate surface area is 126 Å². The summed E-state index contributed by atoms with van der Waals surface area (Å²) in [7, 11) is 1.82. The highest BCUT2D eigenvalue weighted by molar-refractivity contribution is 5.95. The van der Waals surface area contributed by atoms with E-state index in [-0.39, 0.29) is 5.69 Å². The van der Waals surface area contributed by atoms with Crippen LogP contribution in [0, 0.1) is 10.1 Å². The Morgan fingerprint density at radius 3 is 2.77 bits per heavy atom. The van der Waals surface area contributed by atoms with Gasteiger partial charge in [-0.25, -0.2) is 0 Å². The molecule has 0 N–H and O–H groups in total. The number of fused-ring (bicyclic) bond motifs is 1. The van der Waals surface area contributed by atoms with E-state index < -0.39 is 4.92 Å². The molecule has 0 radical (unpaired) electrons. The van der Waals surface area contributed by atoms with E-state index in [2.05, 4.69) is 16.7 Å². The summed E-state index contributed by atoms with van der Waals surface area (Å²) in [5.41, 5.74) is 4.09. The van der Waals surface area contributed by atoms with Crippen LogP contribution < -0.4 is 0 Å². The number of aromatic nitrogens is 3. The molecule has 0 saturated heterocycles. The van der Waals surface area contributed by atoms with E-state index in [1.165, 1.54) is 6.07 Å². The van der Waals surface area contributed by atoms with Crippen molar-refractivity contribution >= 4 is 22.2 Å². The number of nitro groups is 1. The molecule has 6 nitrogen and oxygen atoms in total. The SMILES string of the molecule is C=C(C)c1cc(-c2nn(C)c3ccc([N+](=O)[O-])cc23)ccn1. The minimum atomic E-state index is -0.401. The lowest BCUT2D eigenvalue weighted by Gasteiger charge is -2.02. The average molecular weight is 294 g/mol. The van der Waals surface area contributed by atoms with Gasteiger partial charge in [-0.1, -0.05) is 6.58 Å². The second kappa shape index (κ2) is 5.07. The van der Waals surface area contributed by atoms with Crippen LogP contribution in [-0.2, 0) is 7.05 Å². The molecule has 0 atom stereocenters. The van der Waals surface area contributed by atoms with Crippen LogP contribution in [-0.4, -0.2) is 19.7 Å². The van der Waals surface area contributed by atoms with Gasteiger partial charge < -0.3 is 0 Å². The highest BCUT2D eigenvalue weighted by Crippen LogP contribution is 2.31. The number of nitrogens with zero attached hydrogens (tertiary/aromatic N) is 4. The molecule has 6 heteroatoms. The van der Waals surface area contributed by atoms with Crippen molar-refractivity contribution in [2.24, 2.45) is 7.05 Å². The Kier molecular flexibility index (Phi) is 3.21. The van der Waals surface area contributed by atoms with E-state index in [1.807, 2.05) is 26.1 Å². The lowest BCUT2D eigenvalue weighted by atomic mass is 10.1. The number of benzene rings is 1. The Bertz CT molecular complexity index is 912. The van der Waals surface area contributed by atoms with E-state index in [1.54, 1.807) is 23.0 Å². The van der Waals surface area contributed by atoms with Gasteiger partial charge in [0.15, 0.2) is 0 Å². The van der Waals surface area contributed by atoms with Gasteiger partial charge in [0.1, 0.15) is 5.69 Å². The van der Waals surface area contributed by atoms with Crippen LogP contribution in [0.2, 0.25) is 0 Å². The van der Waals surface area contributed by atoms with Crippen molar-refractivity contribution in [2.45, 2.75) is 6.92 Å². The topological polar surface area (TPSA) is 73.8 Å². The number of rotatable bonds is 3. The van der Waals surface area contributed by atoms with Gasteiger partial charge in [-0.05, 0) is 30.7 Å². The maximum atomic E-state index is 11.0. The molecule has 0 aliphatic rings. The van der Waals surface area contributed by atoms with Gasteiger partial charge in [0, 0.05) is 36.3 Å². The summed E-state index contributed by atoms with van der Waals surface area (Å²) in [4.78, 5) is 14.9. The lowest BCUT2D eigenvalue weighted by Crippen LogP contribution is -1.91. The summed E-state index contributed by atoms with van der Waals surface area (Å²) in [6.07, 6.45) is 1.69. The number of hydrogen-bond donors (Lipinski definition) is 0. The summed E-state index contributed by atoms with van der Waals surface area (Å²) in [5.74, 6) is 0. The molecule has 0 aliphatic carbocycles. The van der Waals surface area contributed by atoms with Crippen molar-refractivity contribution in [3.05, 3.63) is 58.9 Å². The fourth-order valence-electron chi connectivity index (χ4n) is 2.39. The van der Waals surface area contributed by atoms with Crippen molar-refractivity contribution in [2.75, 3.05) is 0 Å². The fraction of sp³-hybridized carbons (Fsp3) is 0.125. The molecule has 22 heavy (non-hydrogen) atoms. The summed E-state index contributed by atoms with van der Waals surface area (Å²) in [6.45, 7) is 5.77. The third-order valence-electron chi connectivity index (χ3n) is 3.52. The van der Waals surface area contributed by atoms with Crippen molar-refractivity contribution in [1.82, 2.24) is 14.8 Å². The van der Waals surface area contributed by atoms with Gasteiger partial charge in [-0.15, -0.1) is 0 Å². The quantitative estimate of drug-likeness (QED) is 0.546. The zero-order valence-corrected chi connectivity index (χ0v) is 12.3. The zero-order chi connectivity index (χ0) is 15.9. The first-order valence-corrected chi connectivity index (χ1v) is 6.71. The van der Waals surface area contributed by atoms with Crippen LogP contribution in [0.3, 0.4) is 0 Å². The first-order chi connectivity index (χ1) is 10.5. The second-order valence-electron chi connectivity index (χ2n) is 5.14. The number of hydrogen-bond acceptors (Lipinski definition) is 4. The van der Waals surface area contributed by atoms with Gasteiger partial charge in [-0.2, -0.15) is 5.10 Å². The second-order valence-corrected chi connectivity index (χ2v) is 5.14. The molecule has 0 bridgehead atoms. The minimum absolute atomic E-state index is 0.0518. The number of allylic oxidation sites excluding steroid dienone is 1. The highest BCUT2D eigenvalue weighted by atomic mass is 16.6. The molecular formula is C16H14N4O2. The van der Waals surface area contributed by atoms with Gasteiger partial charge in [0.25, 0.3) is 5.69 Å². The summed E-state index contributed by atoms with van der Waals surface area (Å²) in [6, 6.07) is 8.49. The van der Waals surface area contributed by atoms with Crippen molar-refractivity contribution in [3.63, 3.8) is 0 Å². The molecule has 0 aliphatic heterocycles. The Balaban J connectivity index is 2.26. The first-order valence-electron chi connectivity index (χ1n) is 6.71. The Morgan fingerprint density at radius 2 is 2.09 bits per heavy atom. The van der Waals surface area contributed by atoms with E-state index in [0.29, 0.717) is 5.69 Å². The molecular weight excluding hydrogens is 280 g/mol. The van der Waals surface area contributed by atoms with Crippen LogP contribution in [0.25, 0.3) is 27.7 Å². The third kappa shape index (κ3) is 2.24. The zero-order valence-electron chi connectivity index (χ0n) is 12.3. The maximum Gasteiger partial charge on any atom is 0.270 e. The summed E-state index contributed by atoms with van der Waals surface area (Å²) >= 11 is 0.